The molecule has 1 heterocycles. The summed E-state index contributed by atoms with van der Waals surface area (Å²) in [5.41, 5.74) is 1.69. The van der Waals surface area contributed by atoms with E-state index >= 15 is 0 Å². The van der Waals surface area contributed by atoms with Crippen LogP contribution in [0.25, 0.3) is 0 Å². The summed E-state index contributed by atoms with van der Waals surface area (Å²) in [5.74, 6) is 0.232. The second-order valence-electron chi connectivity index (χ2n) is 8.85. The minimum absolute atomic E-state index is 0.0431. The second kappa shape index (κ2) is 12.6. The van der Waals surface area contributed by atoms with Gasteiger partial charge in [0.05, 0.1) is 18.6 Å². The molecule has 162 valence electrons. The van der Waals surface area contributed by atoms with Gasteiger partial charge in [-0.1, -0.05) is 107 Å². The Kier molecular flexibility index (Phi) is 9.52. The number of imidazole rings is 1. The highest BCUT2D eigenvalue weighted by atomic mass is 16.5. The van der Waals surface area contributed by atoms with Crippen molar-refractivity contribution in [1.82, 2.24) is 9.55 Å². The maximum Gasteiger partial charge on any atom is 0.347 e. The van der Waals surface area contributed by atoms with Crippen molar-refractivity contribution in [3.05, 3.63) is 54.1 Å². The van der Waals surface area contributed by atoms with E-state index in [1.54, 1.807) is 12.5 Å². The van der Waals surface area contributed by atoms with Crippen LogP contribution in [0.5, 0.6) is 0 Å². The van der Waals surface area contributed by atoms with Gasteiger partial charge in [0.2, 0.25) is 0 Å². The minimum Gasteiger partial charge on any atom is -0.535 e. The van der Waals surface area contributed by atoms with Crippen LogP contribution < -0.4 is 0 Å². The first-order chi connectivity index (χ1) is 14.8. The van der Waals surface area contributed by atoms with E-state index in [-0.39, 0.29) is 12.0 Å². The van der Waals surface area contributed by atoms with Gasteiger partial charge < -0.3 is 9.22 Å². The molecule has 0 unspecified atom stereocenters. The van der Waals surface area contributed by atoms with Gasteiger partial charge in [0.25, 0.3) is 0 Å². The third kappa shape index (κ3) is 7.03. The number of hydrogen-bond acceptors (Lipinski definition) is 3. The summed E-state index contributed by atoms with van der Waals surface area (Å²) in [7, 11) is 0.531. The van der Waals surface area contributed by atoms with Crippen LogP contribution in [-0.2, 0) is 4.65 Å². The minimum atomic E-state index is -0.252. The second-order valence-corrected chi connectivity index (χ2v) is 8.85. The molecule has 0 aliphatic heterocycles. The molecule has 0 bridgehead atoms. The summed E-state index contributed by atoms with van der Waals surface area (Å²) >= 11 is 0. The molecular formula is C25H37BN2O2. The van der Waals surface area contributed by atoms with E-state index in [4.69, 9.17) is 4.65 Å². The largest absolute Gasteiger partial charge is 0.535 e. The van der Waals surface area contributed by atoms with E-state index in [9.17, 15) is 4.79 Å². The average molecular weight is 408 g/mol. The quantitative estimate of drug-likeness (QED) is 0.532. The Labute approximate surface area is 182 Å². The van der Waals surface area contributed by atoms with Crippen molar-refractivity contribution in [2.45, 2.75) is 95.8 Å². The summed E-state index contributed by atoms with van der Waals surface area (Å²) in [6.07, 6.45) is 19.1. The van der Waals surface area contributed by atoms with Gasteiger partial charge in [-0.3, -0.25) is 0 Å². The number of rotatable bonds is 5. The average Bonchev–Trinajstić information content (AvgIpc) is 3.27. The van der Waals surface area contributed by atoms with E-state index in [0.29, 0.717) is 19.0 Å². The Hall–Kier alpha value is -2.04. The van der Waals surface area contributed by atoms with E-state index in [0.717, 1.165) is 5.56 Å². The molecule has 5 heteroatoms. The molecule has 1 aliphatic rings. The molecule has 2 aromatic rings. The van der Waals surface area contributed by atoms with Crippen molar-refractivity contribution in [2.75, 3.05) is 0 Å². The number of carbonyl (C=O) groups is 1. The predicted molar refractivity (Wildman–Crippen MR) is 124 cm³/mol. The summed E-state index contributed by atoms with van der Waals surface area (Å²) in [6.45, 7) is 2.09. The fourth-order valence-corrected chi connectivity index (χ4v) is 4.52. The number of nitrogens with zero attached hydrogens (tertiary/aromatic N) is 2. The first kappa shape index (κ1) is 22.6. The molecule has 1 aromatic carbocycles. The molecule has 1 aliphatic carbocycles. The third-order valence-electron chi connectivity index (χ3n) is 6.50. The monoisotopic (exact) mass is 408 g/mol. The SMILES string of the molecule is C[C@H](c1ccccc1)n1cncc1C(=O)OBC1CCCCCCCCCCCC1. The number of hydrogen-bond donors (Lipinski definition) is 0. The number of benzene rings is 1. The van der Waals surface area contributed by atoms with Crippen LogP contribution in [0.15, 0.2) is 42.9 Å². The normalized spacial score (nSPS) is 18.4. The van der Waals surface area contributed by atoms with E-state index < -0.39 is 0 Å². The highest BCUT2D eigenvalue weighted by Crippen LogP contribution is 2.25. The topological polar surface area (TPSA) is 44.1 Å². The van der Waals surface area contributed by atoms with E-state index in [1.165, 1.54) is 77.0 Å². The van der Waals surface area contributed by atoms with Gasteiger partial charge in [-0.05, 0) is 18.3 Å². The molecule has 1 fully saturated rings. The molecule has 30 heavy (non-hydrogen) atoms. The van der Waals surface area contributed by atoms with E-state index in [2.05, 4.69) is 24.0 Å². The Morgan fingerprint density at radius 1 is 0.967 bits per heavy atom. The van der Waals surface area contributed by atoms with E-state index in [1.807, 2.05) is 22.8 Å². The third-order valence-corrected chi connectivity index (χ3v) is 6.50. The predicted octanol–water partition coefficient (Wildman–Crippen LogP) is 6.48. The van der Waals surface area contributed by atoms with Gasteiger partial charge in [-0.2, -0.15) is 0 Å². The van der Waals surface area contributed by atoms with Gasteiger partial charge in [-0.25, -0.2) is 9.78 Å². The van der Waals surface area contributed by atoms with Crippen LogP contribution in [0.3, 0.4) is 0 Å². The first-order valence-corrected chi connectivity index (χ1v) is 12.0. The van der Waals surface area contributed by atoms with Crippen LogP contribution in [-0.4, -0.2) is 23.0 Å². The van der Waals surface area contributed by atoms with Crippen LogP contribution in [0, 0.1) is 0 Å². The lowest BCUT2D eigenvalue weighted by molar-refractivity contribution is 0.0724. The Morgan fingerprint density at radius 2 is 1.53 bits per heavy atom. The number of carbonyl (C=O) groups excluding carboxylic acids is 1. The van der Waals surface area contributed by atoms with Crippen LogP contribution in [0.2, 0.25) is 5.82 Å². The van der Waals surface area contributed by atoms with Crippen molar-refractivity contribution >= 4 is 13.5 Å². The van der Waals surface area contributed by atoms with Gasteiger partial charge >= 0.3 is 13.5 Å². The van der Waals surface area contributed by atoms with Crippen LogP contribution >= 0.6 is 0 Å². The zero-order chi connectivity index (χ0) is 21.0. The molecule has 3 rings (SSSR count). The van der Waals surface area contributed by atoms with Crippen molar-refractivity contribution in [3.63, 3.8) is 0 Å². The molecule has 1 aromatic heterocycles. The smallest absolute Gasteiger partial charge is 0.347 e. The summed E-state index contributed by atoms with van der Waals surface area (Å²) in [4.78, 5) is 17.1. The van der Waals surface area contributed by atoms with Crippen molar-refractivity contribution in [2.24, 2.45) is 0 Å². The van der Waals surface area contributed by atoms with Gasteiger partial charge in [-0.15, -0.1) is 0 Å². The van der Waals surface area contributed by atoms with Gasteiger partial charge in [0.15, 0.2) is 0 Å². The zero-order valence-electron chi connectivity index (χ0n) is 18.6. The first-order valence-electron chi connectivity index (χ1n) is 12.0. The fraction of sp³-hybridized carbons (Fsp3) is 0.600. The lowest BCUT2D eigenvalue weighted by atomic mass is 9.73. The lowest BCUT2D eigenvalue weighted by Gasteiger charge is -2.18. The Bertz CT molecular complexity index is 733. The van der Waals surface area contributed by atoms with Crippen molar-refractivity contribution < 1.29 is 9.45 Å². The molecule has 4 nitrogen and oxygen atoms in total. The molecule has 1 saturated carbocycles. The van der Waals surface area contributed by atoms with Crippen LogP contribution in [0.4, 0.5) is 0 Å². The molecule has 0 radical (unpaired) electrons. The molecule has 0 spiro atoms. The van der Waals surface area contributed by atoms with Crippen molar-refractivity contribution in [3.8, 4) is 0 Å². The molecular weight excluding hydrogens is 371 g/mol. The summed E-state index contributed by atoms with van der Waals surface area (Å²) in [5, 5.41) is 0. The lowest BCUT2D eigenvalue weighted by Crippen LogP contribution is -2.19. The highest BCUT2D eigenvalue weighted by Gasteiger charge is 2.21. The number of aromatic nitrogens is 2. The summed E-state index contributed by atoms with van der Waals surface area (Å²) < 4.78 is 7.72. The zero-order valence-corrected chi connectivity index (χ0v) is 18.6. The fourth-order valence-electron chi connectivity index (χ4n) is 4.52. The molecule has 0 N–H and O–H groups in total. The molecule has 0 saturated heterocycles. The Morgan fingerprint density at radius 3 is 2.13 bits per heavy atom. The summed E-state index contributed by atoms with van der Waals surface area (Å²) in [6, 6.07) is 10.2. The standard InChI is InChI=1S/C25H37BN2O2/c1-21(22-15-11-10-12-16-22)28-20-27-19-24(28)25(29)30-26-23-17-13-8-6-4-2-3-5-7-9-14-18-23/h10-12,15-16,19-21,23,26H,2-9,13-14,17-18H2,1H3/t21-/m1/s1. The maximum atomic E-state index is 12.8. The van der Waals surface area contributed by atoms with Gasteiger partial charge in [0.1, 0.15) is 5.69 Å². The Balaban J connectivity index is 1.55. The van der Waals surface area contributed by atoms with Crippen molar-refractivity contribution in [1.29, 1.82) is 0 Å². The molecule has 1 atom stereocenters. The molecule has 0 amide bonds. The highest BCUT2D eigenvalue weighted by molar-refractivity contribution is 6.33. The van der Waals surface area contributed by atoms with Gasteiger partial charge in [0, 0.05) is 0 Å². The van der Waals surface area contributed by atoms with Crippen LogP contribution in [0.1, 0.15) is 106 Å². The maximum absolute atomic E-state index is 12.8.